The number of nitrogens with zero attached hydrogens (tertiary/aromatic N) is 3. The second-order valence-corrected chi connectivity index (χ2v) is 4.00. The third-order valence-corrected chi connectivity index (χ3v) is 2.64. The summed E-state index contributed by atoms with van der Waals surface area (Å²) in [7, 11) is 0. The quantitative estimate of drug-likeness (QED) is 0.730. The Hall–Kier alpha value is -1.95. The molecule has 0 radical (unpaired) electrons. The highest BCUT2D eigenvalue weighted by Gasteiger charge is 2.06. The summed E-state index contributed by atoms with van der Waals surface area (Å²) < 4.78 is 1.84. The molecule has 0 atom stereocenters. The molecule has 0 spiro atoms. The first-order valence-electron chi connectivity index (χ1n) is 5.97. The summed E-state index contributed by atoms with van der Waals surface area (Å²) in [6.45, 7) is 0.491. The summed E-state index contributed by atoms with van der Waals surface area (Å²) in [4.78, 5) is 11.5. The zero-order chi connectivity index (χ0) is 12.8. The molecular weight excluding hydrogens is 232 g/mol. The minimum absolute atomic E-state index is 0.0314. The lowest BCUT2D eigenvalue weighted by Gasteiger charge is -2.03. The van der Waals surface area contributed by atoms with Gasteiger partial charge in [-0.2, -0.15) is 0 Å². The number of aromatic nitrogens is 3. The molecule has 18 heavy (non-hydrogen) atoms. The van der Waals surface area contributed by atoms with Crippen LogP contribution in [0, 0.1) is 0 Å². The third-order valence-electron chi connectivity index (χ3n) is 2.64. The molecule has 0 aliphatic heterocycles. The van der Waals surface area contributed by atoms with Gasteiger partial charge in [-0.3, -0.25) is 9.20 Å². The number of amides is 1. The Labute approximate surface area is 105 Å². The van der Waals surface area contributed by atoms with Crippen LogP contribution >= 0.6 is 0 Å². The number of fused-ring (bicyclic) bond motifs is 1. The maximum atomic E-state index is 11.5. The Morgan fingerprint density at radius 2 is 2.22 bits per heavy atom. The minimum atomic E-state index is -0.0314. The molecule has 0 aliphatic rings. The molecule has 0 aromatic carbocycles. The molecule has 0 unspecified atom stereocenters. The van der Waals surface area contributed by atoms with E-state index in [-0.39, 0.29) is 12.5 Å². The fourth-order valence-corrected chi connectivity index (χ4v) is 1.67. The van der Waals surface area contributed by atoms with E-state index in [1.165, 1.54) is 0 Å². The predicted molar refractivity (Wildman–Crippen MR) is 65.8 cm³/mol. The summed E-state index contributed by atoms with van der Waals surface area (Å²) in [5.74, 6) is 0.678. The van der Waals surface area contributed by atoms with Gasteiger partial charge >= 0.3 is 0 Å². The lowest BCUT2D eigenvalue weighted by atomic mass is 10.2. The Balaban J connectivity index is 1.88. The molecule has 1 amide bonds. The van der Waals surface area contributed by atoms with Gasteiger partial charge in [0.15, 0.2) is 11.5 Å². The first-order chi connectivity index (χ1) is 8.81. The topological polar surface area (TPSA) is 79.5 Å². The average Bonchev–Trinajstić information content (AvgIpc) is 2.80. The van der Waals surface area contributed by atoms with Crippen molar-refractivity contribution in [3.8, 4) is 0 Å². The van der Waals surface area contributed by atoms with E-state index >= 15 is 0 Å². The van der Waals surface area contributed by atoms with Gasteiger partial charge in [-0.25, -0.2) is 0 Å². The normalized spacial score (nSPS) is 10.7. The van der Waals surface area contributed by atoms with Gasteiger partial charge in [-0.05, 0) is 25.0 Å². The highest BCUT2D eigenvalue weighted by atomic mass is 16.3. The highest BCUT2D eigenvalue weighted by Crippen LogP contribution is 2.02. The van der Waals surface area contributed by atoms with Gasteiger partial charge in [0.2, 0.25) is 5.91 Å². The van der Waals surface area contributed by atoms with Gasteiger partial charge in [0.1, 0.15) is 0 Å². The van der Waals surface area contributed by atoms with Crippen LogP contribution in [0.25, 0.3) is 5.65 Å². The molecule has 96 valence electrons. The van der Waals surface area contributed by atoms with Crippen LogP contribution in [-0.2, 0) is 11.3 Å². The number of carbonyl (C=O) groups is 1. The summed E-state index contributed by atoms with van der Waals surface area (Å²) in [6, 6.07) is 5.64. The Bertz CT molecular complexity index is 524. The van der Waals surface area contributed by atoms with Crippen molar-refractivity contribution >= 4 is 11.6 Å². The fraction of sp³-hybridized carbons (Fsp3) is 0.417. The van der Waals surface area contributed by atoms with Crippen LogP contribution in [0.1, 0.15) is 25.1 Å². The summed E-state index contributed by atoms with van der Waals surface area (Å²) in [5, 5.41) is 19.4. The second-order valence-electron chi connectivity index (χ2n) is 4.00. The number of rotatable bonds is 6. The van der Waals surface area contributed by atoms with Crippen molar-refractivity contribution in [1.82, 2.24) is 19.9 Å². The number of unbranched alkanes of at least 4 members (excludes halogenated alkanes) is 1. The van der Waals surface area contributed by atoms with Crippen LogP contribution in [0.2, 0.25) is 0 Å². The highest BCUT2D eigenvalue weighted by molar-refractivity contribution is 5.75. The van der Waals surface area contributed by atoms with E-state index in [4.69, 9.17) is 5.11 Å². The van der Waals surface area contributed by atoms with E-state index in [1.54, 1.807) is 0 Å². The van der Waals surface area contributed by atoms with Crippen molar-refractivity contribution < 1.29 is 9.90 Å². The molecule has 2 rings (SSSR count). The third kappa shape index (κ3) is 3.04. The lowest BCUT2D eigenvalue weighted by Crippen LogP contribution is -2.23. The van der Waals surface area contributed by atoms with Crippen molar-refractivity contribution in [1.29, 1.82) is 0 Å². The summed E-state index contributed by atoms with van der Waals surface area (Å²) >= 11 is 0. The second kappa shape index (κ2) is 6.11. The maximum Gasteiger partial charge on any atom is 0.220 e. The van der Waals surface area contributed by atoms with Crippen molar-refractivity contribution in [3.05, 3.63) is 30.2 Å². The number of carbonyl (C=O) groups excluding carboxylic acids is 1. The van der Waals surface area contributed by atoms with Gasteiger partial charge in [0.25, 0.3) is 0 Å². The van der Waals surface area contributed by atoms with E-state index in [1.807, 2.05) is 28.8 Å². The Kier molecular flexibility index (Phi) is 4.25. The standard InChI is InChI=1S/C12H16N4O2/c17-8-4-2-6-12(18)13-9-11-15-14-10-5-1-3-7-16(10)11/h1,3,5,7,17H,2,4,6,8-9H2,(H,13,18). The van der Waals surface area contributed by atoms with Crippen LogP contribution in [-0.4, -0.2) is 32.2 Å². The van der Waals surface area contributed by atoms with Crippen molar-refractivity contribution in [2.24, 2.45) is 0 Å². The number of aliphatic hydroxyl groups is 1. The molecule has 2 aromatic heterocycles. The van der Waals surface area contributed by atoms with Gasteiger partial charge in [0, 0.05) is 19.2 Å². The molecular formula is C12H16N4O2. The monoisotopic (exact) mass is 248 g/mol. The molecule has 2 N–H and O–H groups in total. The molecule has 6 nitrogen and oxygen atoms in total. The van der Waals surface area contributed by atoms with Crippen LogP contribution in [0.15, 0.2) is 24.4 Å². The number of nitrogens with one attached hydrogen (secondary N) is 1. The number of pyridine rings is 1. The van der Waals surface area contributed by atoms with Crippen LogP contribution in [0.3, 0.4) is 0 Å². The van der Waals surface area contributed by atoms with E-state index in [0.717, 1.165) is 5.65 Å². The molecule has 2 aromatic rings. The van der Waals surface area contributed by atoms with Gasteiger partial charge in [0.05, 0.1) is 6.54 Å². The minimum Gasteiger partial charge on any atom is -0.396 e. The molecule has 0 bridgehead atoms. The molecule has 0 saturated heterocycles. The molecule has 6 heteroatoms. The smallest absolute Gasteiger partial charge is 0.220 e. The zero-order valence-electron chi connectivity index (χ0n) is 10.0. The first kappa shape index (κ1) is 12.5. The number of hydrogen-bond acceptors (Lipinski definition) is 4. The van der Waals surface area contributed by atoms with Crippen molar-refractivity contribution in [2.75, 3.05) is 6.61 Å². The van der Waals surface area contributed by atoms with Gasteiger partial charge < -0.3 is 10.4 Å². The molecule has 0 saturated carbocycles. The molecule has 0 aliphatic carbocycles. The van der Waals surface area contributed by atoms with Crippen LogP contribution in [0.5, 0.6) is 0 Å². The summed E-state index contributed by atoms with van der Waals surface area (Å²) in [5.41, 5.74) is 0.766. The van der Waals surface area contributed by atoms with Crippen molar-refractivity contribution in [2.45, 2.75) is 25.8 Å². The van der Waals surface area contributed by atoms with E-state index < -0.39 is 0 Å². The number of aliphatic hydroxyl groups excluding tert-OH is 1. The maximum absolute atomic E-state index is 11.5. The lowest BCUT2D eigenvalue weighted by molar-refractivity contribution is -0.121. The number of hydrogen-bond donors (Lipinski definition) is 2. The summed E-state index contributed by atoms with van der Waals surface area (Å²) in [6.07, 6.45) is 3.64. The van der Waals surface area contributed by atoms with Gasteiger partial charge in [-0.15, -0.1) is 10.2 Å². The molecule has 0 fully saturated rings. The Morgan fingerprint density at radius 1 is 1.33 bits per heavy atom. The van der Waals surface area contributed by atoms with E-state index in [2.05, 4.69) is 15.5 Å². The largest absolute Gasteiger partial charge is 0.396 e. The van der Waals surface area contributed by atoms with Gasteiger partial charge in [-0.1, -0.05) is 6.07 Å². The predicted octanol–water partition coefficient (Wildman–Crippen LogP) is 0.508. The first-order valence-corrected chi connectivity index (χ1v) is 5.97. The fourth-order valence-electron chi connectivity index (χ4n) is 1.67. The Morgan fingerprint density at radius 3 is 3.06 bits per heavy atom. The van der Waals surface area contributed by atoms with Crippen LogP contribution < -0.4 is 5.32 Å². The molecule has 2 heterocycles. The van der Waals surface area contributed by atoms with E-state index in [0.29, 0.717) is 31.6 Å². The SMILES string of the molecule is O=C(CCCCO)NCc1nnc2ccccn12. The average molecular weight is 248 g/mol. The zero-order valence-corrected chi connectivity index (χ0v) is 10.0. The van der Waals surface area contributed by atoms with Crippen LogP contribution in [0.4, 0.5) is 0 Å². The van der Waals surface area contributed by atoms with E-state index in [9.17, 15) is 4.79 Å². The van der Waals surface area contributed by atoms with Crippen molar-refractivity contribution in [3.63, 3.8) is 0 Å².